The summed E-state index contributed by atoms with van der Waals surface area (Å²) >= 11 is 0. The van der Waals surface area contributed by atoms with E-state index in [0.717, 1.165) is 23.6 Å². The van der Waals surface area contributed by atoms with Crippen LogP contribution < -0.4 is 16.0 Å². The van der Waals surface area contributed by atoms with Crippen molar-refractivity contribution in [1.82, 2.24) is 15.3 Å². The number of anilines is 3. The SMILES string of the molecule is CNC(=O)c1ccc(C)c(Nc2cc(NCC(C)(C)C)ncn2)c1. The van der Waals surface area contributed by atoms with Crippen molar-refractivity contribution in [2.75, 3.05) is 24.2 Å². The maximum Gasteiger partial charge on any atom is 0.251 e. The van der Waals surface area contributed by atoms with E-state index in [0.29, 0.717) is 11.4 Å². The highest BCUT2D eigenvalue weighted by Gasteiger charge is 2.11. The molecule has 6 nitrogen and oxygen atoms in total. The summed E-state index contributed by atoms with van der Waals surface area (Å²) in [7, 11) is 1.62. The van der Waals surface area contributed by atoms with Crippen LogP contribution in [0.2, 0.25) is 0 Å². The van der Waals surface area contributed by atoms with E-state index in [1.165, 1.54) is 6.33 Å². The van der Waals surface area contributed by atoms with Gasteiger partial charge in [-0.05, 0) is 30.0 Å². The van der Waals surface area contributed by atoms with Crippen molar-refractivity contribution in [3.8, 4) is 0 Å². The lowest BCUT2D eigenvalue weighted by atomic mass is 9.97. The molecule has 0 fully saturated rings. The van der Waals surface area contributed by atoms with Crippen LogP contribution in [0, 0.1) is 12.3 Å². The van der Waals surface area contributed by atoms with Crippen LogP contribution in [0.15, 0.2) is 30.6 Å². The van der Waals surface area contributed by atoms with Gasteiger partial charge in [0.05, 0.1) is 0 Å². The fourth-order valence-corrected chi connectivity index (χ4v) is 2.06. The summed E-state index contributed by atoms with van der Waals surface area (Å²) in [6.07, 6.45) is 1.52. The molecule has 0 unspecified atom stereocenters. The standard InChI is InChI=1S/C18H25N5O/c1-12-6-7-13(17(24)19-5)8-14(12)23-16-9-15(21-11-22-16)20-10-18(2,3)4/h6-9,11H,10H2,1-5H3,(H,19,24)(H2,20,21,22,23). The summed E-state index contributed by atoms with van der Waals surface area (Å²) in [5.74, 6) is 1.33. The molecule has 2 rings (SSSR count). The summed E-state index contributed by atoms with van der Waals surface area (Å²) in [5, 5.41) is 9.20. The number of carbonyl (C=O) groups excluding carboxylic acids is 1. The van der Waals surface area contributed by atoms with E-state index < -0.39 is 0 Å². The number of hydrogen-bond acceptors (Lipinski definition) is 5. The third-order valence-electron chi connectivity index (χ3n) is 3.46. The first-order valence-electron chi connectivity index (χ1n) is 7.94. The maximum atomic E-state index is 11.8. The minimum absolute atomic E-state index is 0.117. The number of hydrogen-bond donors (Lipinski definition) is 3. The first kappa shape index (κ1) is 17.7. The van der Waals surface area contributed by atoms with Crippen molar-refractivity contribution in [2.24, 2.45) is 5.41 Å². The molecule has 0 aliphatic rings. The van der Waals surface area contributed by atoms with Crippen LogP contribution >= 0.6 is 0 Å². The molecule has 0 atom stereocenters. The molecule has 1 heterocycles. The van der Waals surface area contributed by atoms with Crippen molar-refractivity contribution < 1.29 is 4.79 Å². The van der Waals surface area contributed by atoms with Crippen LogP contribution in [-0.4, -0.2) is 29.5 Å². The van der Waals surface area contributed by atoms with Crippen molar-refractivity contribution in [3.05, 3.63) is 41.7 Å². The second-order valence-electron chi connectivity index (χ2n) is 6.94. The number of amides is 1. The van der Waals surface area contributed by atoms with Crippen LogP contribution in [0.4, 0.5) is 17.3 Å². The molecule has 1 amide bonds. The summed E-state index contributed by atoms with van der Waals surface area (Å²) < 4.78 is 0. The highest BCUT2D eigenvalue weighted by Crippen LogP contribution is 2.22. The molecule has 6 heteroatoms. The van der Waals surface area contributed by atoms with E-state index in [9.17, 15) is 4.79 Å². The Kier molecular flexibility index (Phi) is 5.39. The molecule has 24 heavy (non-hydrogen) atoms. The summed E-state index contributed by atoms with van der Waals surface area (Å²) in [5.41, 5.74) is 2.64. The van der Waals surface area contributed by atoms with Crippen molar-refractivity contribution in [3.63, 3.8) is 0 Å². The molecule has 0 spiro atoms. The molecule has 0 aliphatic carbocycles. The molecule has 0 bridgehead atoms. The smallest absolute Gasteiger partial charge is 0.251 e. The first-order chi connectivity index (χ1) is 11.3. The zero-order valence-corrected chi connectivity index (χ0v) is 14.9. The van der Waals surface area contributed by atoms with Gasteiger partial charge in [-0.25, -0.2) is 9.97 Å². The lowest BCUT2D eigenvalue weighted by Gasteiger charge is -2.19. The van der Waals surface area contributed by atoms with Gasteiger partial charge in [0.1, 0.15) is 18.0 Å². The number of carbonyl (C=O) groups is 1. The number of rotatable bonds is 5. The first-order valence-corrected chi connectivity index (χ1v) is 7.94. The Morgan fingerprint density at radius 1 is 1.12 bits per heavy atom. The second-order valence-corrected chi connectivity index (χ2v) is 6.94. The molecule has 0 saturated heterocycles. The zero-order chi connectivity index (χ0) is 17.7. The fraction of sp³-hybridized carbons (Fsp3) is 0.389. The van der Waals surface area contributed by atoms with Crippen molar-refractivity contribution in [1.29, 1.82) is 0 Å². The van der Waals surface area contributed by atoms with Crippen LogP contribution in [0.3, 0.4) is 0 Å². The van der Waals surface area contributed by atoms with Gasteiger partial charge < -0.3 is 16.0 Å². The zero-order valence-electron chi connectivity index (χ0n) is 14.9. The van der Waals surface area contributed by atoms with E-state index in [4.69, 9.17) is 0 Å². The molecular weight excluding hydrogens is 302 g/mol. The third kappa shape index (κ3) is 4.94. The number of benzene rings is 1. The second kappa shape index (κ2) is 7.29. The fourth-order valence-electron chi connectivity index (χ4n) is 2.06. The quantitative estimate of drug-likeness (QED) is 0.785. The Labute approximate surface area is 143 Å². The average Bonchev–Trinajstić information content (AvgIpc) is 2.54. The highest BCUT2D eigenvalue weighted by atomic mass is 16.1. The lowest BCUT2D eigenvalue weighted by molar-refractivity contribution is 0.0963. The van der Waals surface area contributed by atoms with Gasteiger partial charge >= 0.3 is 0 Å². The van der Waals surface area contributed by atoms with Gasteiger partial charge in [-0.3, -0.25) is 4.79 Å². The molecule has 0 aliphatic heterocycles. The molecular formula is C18H25N5O. The third-order valence-corrected chi connectivity index (χ3v) is 3.46. The Morgan fingerprint density at radius 2 is 1.83 bits per heavy atom. The average molecular weight is 327 g/mol. The molecule has 0 radical (unpaired) electrons. The maximum absolute atomic E-state index is 11.8. The van der Waals surface area contributed by atoms with Crippen LogP contribution in [0.5, 0.6) is 0 Å². The van der Waals surface area contributed by atoms with Gasteiger partial charge in [0.15, 0.2) is 0 Å². The van der Waals surface area contributed by atoms with Crippen LogP contribution in [-0.2, 0) is 0 Å². The Balaban J connectivity index is 2.17. The monoisotopic (exact) mass is 327 g/mol. The van der Waals surface area contributed by atoms with Gasteiger partial charge in [0, 0.05) is 30.9 Å². The highest BCUT2D eigenvalue weighted by molar-refractivity contribution is 5.95. The van der Waals surface area contributed by atoms with E-state index in [2.05, 4.69) is 46.7 Å². The lowest BCUT2D eigenvalue weighted by Crippen LogP contribution is -2.19. The van der Waals surface area contributed by atoms with Gasteiger partial charge in [-0.2, -0.15) is 0 Å². The Morgan fingerprint density at radius 3 is 2.50 bits per heavy atom. The molecule has 128 valence electrons. The largest absolute Gasteiger partial charge is 0.369 e. The molecule has 0 saturated carbocycles. The van der Waals surface area contributed by atoms with E-state index in [1.807, 2.05) is 25.1 Å². The van der Waals surface area contributed by atoms with E-state index >= 15 is 0 Å². The van der Waals surface area contributed by atoms with Crippen molar-refractivity contribution in [2.45, 2.75) is 27.7 Å². The van der Waals surface area contributed by atoms with E-state index in [-0.39, 0.29) is 11.3 Å². The number of nitrogens with zero attached hydrogens (tertiary/aromatic N) is 2. The molecule has 2 aromatic rings. The van der Waals surface area contributed by atoms with Gasteiger partial charge in [0.25, 0.3) is 5.91 Å². The molecule has 3 N–H and O–H groups in total. The molecule has 1 aromatic heterocycles. The van der Waals surface area contributed by atoms with E-state index in [1.54, 1.807) is 13.1 Å². The van der Waals surface area contributed by atoms with Crippen LogP contribution in [0.1, 0.15) is 36.7 Å². The predicted octanol–water partition coefficient (Wildman–Crippen LogP) is 3.35. The van der Waals surface area contributed by atoms with Crippen molar-refractivity contribution >= 4 is 23.2 Å². The minimum atomic E-state index is -0.117. The summed E-state index contributed by atoms with van der Waals surface area (Å²) in [4.78, 5) is 20.3. The Bertz CT molecular complexity index is 722. The van der Waals surface area contributed by atoms with Gasteiger partial charge in [0.2, 0.25) is 0 Å². The minimum Gasteiger partial charge on any atom is -0.369 e. The number of aromatic nitrogens is 2. The van der Waals surface area contributed by atoms with Gasteiger partial charge in [-0.1, -0.05) is 26.8 Å². The summed E-state index contributed by atoms with van der Waals surface area (Å²) in [6.45, 7) is 9.28. The van der Waals surface area contributed by atoms with Gasteiger partial charge in [-0.15, -0.1) is 0 Å². The Hall–Kier alpha value is -2.63. The number of nitrogens with one attached hydrogen (secondary N) is 3. The predicted molar refractivity (Wildman–Crippen MR) is 97.8 cm³/mol. The molecule has 1 aromatic carbocycles. The number of aryl methyl sites for hydroxylation is 1. The normalized spacial score (nSPS) is 11.0. The topological polar surface area (TPSA) is 78.9 Å². The van der Waals surface area contributed by atoms with Crippen LogP contribution in [0.25, 0.3) is 0 Å². The summed E-state index contributed by atoms with van der Waals surface area (Å²) in [6, 6.07) is 7.39.